The Morgan fingerprint density at radius 2 is 1.95 bits per heavy atom. The fraction of sp³-hybridized carbons (Fsp3) is 0.706. The Hall–Kier alpha value is -0.890. The first-order valence-electron chi connectivity index (χ1n) is 7.84. The third-order valence-electron chi connectivity index (χ3n) is 4.95. The molecule has 2 unspecified atom stereocenters. The summed E-state index contributed by atoms with van der Waals surface area (Å²) in [6.07, 6.45) is 15.3. The number of carbonyl (C=O) groups excluding carboxylic acids is 1. The molecule has 0 saturated heterocycles. The molecule has 2 nitrogen and oxygen atoms in total. The van der Waals surface area contributed by atoms with Crippen molar-refractivity contribution >= 4 is 6.41 Å². The van der Waals surface area contributed by atoms with Crippen molar-refractivity contribution in [2.24, 2.45) is 5.92 Å². The highest BCUT2D eigenvalue weighted by atomic mass is 16.1. The third kappa shape index (κ3) is 2.69. The molecule has 1 amide bonds. The van der Waals surface area contributed by atoms with Crippen LogP contribution in [0.3, 0.4) is 0 Å². The van der Waals surface area contributed by atoms with Crippen molar-refractivity contribution in [1.29, 1.82) is 0 Å². The Bertz CT molecular complexity index is 377. The van der Waals surface area contributed by atoms with Crippen LogP contribution < -0.4 is 0 Å². The Morgan fingerprint density at radius 3 is 2.42 bits per heavy atom. The van der Waals surface area contributed by atoms with Crippen LogP contribution in [-0.4, -0.2) is 23.0 Å². The van der Waals surface area contributed by atoms with Crippen molar-refractivity contribution in [3.63, 3.8) is 0 Å². The van der Waals surface area contributed by atoms with E-state index in [-0.39, 0.29) is 0 Å². The summed E-state index contributed by atoms with van der Waals surface area (Å²) in [5, 5.41) is 0. The summed E-state index contributed by atoms with van der Waals surface area (Å²) in [4.78, 5) is 12.0. The van der Waals surface area contributed by atoms with E-state index in [1.54, 1.807) is 0 Å². The lowest BCUT2D eigenvalue weighted by atomic mass is 9.89. The highest BCUT2D eigenvalue weighted by Gasteiger charge is 2.43. The molecule has 2 rings (SSSR count). The molecule has 0 N–H and O–H groups in total. The van der Waals surface area contributed by atoms with Crippen LogP contribution in [0.4, 0.5) is 0 Å². The monoisotopic (exact) mass is 262 g/mol. The number of amides is 1. The number of quaternary nitrogens is 1. The van der Waals surface area contributed by atoms with Crippen molar-refractivity contribution in [2.75, 3.05) is 0 Å². The average Bonchev–Trinajstić information content (AvgIpc) is 2.43. The minimum atomic E-state index is 0.324. The van der Waals surface area contributed by atoms with Crippen LogP contribution in [0.1, 0.15) is 59.3 Å². The Labute approximate surface area is 117 Å². The van der Waals surface area contributed by atoms with Gasteiger partial charge in [-0.3, -0.25) is 0 Å². The Morgan fingerprint density at radius 1 is 1.26 bits per heavy atom. The van der Waals surface area contributed by atoms with Crippen molar-refractivity contribution < 1.29 is 9.28 Å². The van der Waals surface area contributed by atoms with Crippen molar-refractivity contribution in [3.8, 4) is 0 Å². The van der Waals surface area contributed by atoms with Gasteiger partial charge >= 0.3 is 6.41 Å². The molecule has 2 atom stereocenters. The maximum atomic E-state index is 12.0. The van der Waals surface area contributed by atoms with E-state index >= 15 is 0 Å². The van der Waals surface area contributed by atoms with Gasteiger partial charge in [-0.15, -0.1) is 0 Å². The van der Waals surface area contributed by atoms with Gasteiger partial charge in [-0.25, -0.2) is 9.28 Å². The smallest absolute Gasteiger partial charge is 0.233 e. The fourth-order valence-corrected chi connectivity index (χ4v) is 3.71. The fourth-order valence-electron chi connectivity index (χ4n) is 3.71. The zero-order valence-corrected chi connectivity index (χ0v) is 12.6. The van der Waals surface area contributed by atoms with Crippen molar-refractivity contribution in [3.05, 3.63) is 23.9 Å². The van der Waals surface area contributed by atoms with Gasteiger partial charge < -0.3 is 0 Å². The Kier molecular flexibility index (Phi) is 4.62. The summed E-state index contributed by atoms with van der Waals surface area (Å²) < 4.78 is 0.545. The van der Waals surface area contributed by atoms with Gasteiger partial charge in [0.25, 0.3) is 0 Å². The maximum Gasteiger partial charge on any atom is 0.306 e. The van der Waals surface area contributed by atoms with Gasteiger partial charge in [0, 0.05) is 12.8 Å². The van der Waals surface area contributed by atoms with E-state index in [1.165, 1.54) is 44.2 Å². The van der Waals surface area contributed by atoms with Crippen LogP contribution >= 0.6 is 0 Å². The maximum absolute atomic E-state index is 12.0. The third-order valence-corrected chi connectivity index (χ3v) is 4.95. The van der Waals surface area contributed by atoms with E-state index in [0.29, 0.717) is 22.5 Å². The summed E-state index contributed by atoms with van der Waals surface area (Å²) in [6.45, 7) is 6.61. The molecule has 2 aliphatic rings. The lowest BCUT2D eigenvalue weighted by Crippen LogP contribution is -2.58. The second-order valence-corrected chi connectivity index (χ2v) is 6.53. The second-order valence-electron chi connectivity index (χ2n) is 6.53. The van der Waals surface area contributed by atoms with E-state index < -0.39 is 0 Å². The minimum absolute atomic E-state index is 0.324. The molecule has 0 aromatic heterocycles. The zero-order chi connectivity index (χ0) is 13.9. The SMILES string of the molecule is CC1C=CC([N+](C=O)(C(C)C)C2CCCCC2)=CC1. The molecule has 2 heteroatoms. The molecule has 0 bridgehead atoms. The predicted molar refractivity (Wildman–Crippen MR) is 79.3 cm³/mol. The van der Waals surface area contributed by atoms with E-state index in [1.807, 2.05) is 0 Å². The minimum Gasteiger partial charge on any atom is -0.233 e. The lowest BCUT2D eigenvalue weighted by molar-refractivity contribution is -0.854. The molecule has 0 spiro atoms. The summed E-state index contributed by atoms with van der Waals surface area (Å²) in [6, 6.07) is 0.806. The van der Waals surface area contributed by atoms with Crippen LogP contribution in [0.15, 0.2) is 23.9 Å². The number of hydrogen-bond acceptors (Lipinski definition) is 1. The Balaban J connectivity index is 2.33. The molecule has 0 aliphatic heterocycles. The normalized spacial score (nSPS) is 28.0. The predicted octanol–water partition coefficient (Wildman–Crippen LogP) is 4.18. The van der Waals surface area contributed by atoms with Crippen LogP contribution in [0.25, 0.3) is 0 Å². The van der Waals surface area contributed by atoms with Gasteiger partial charge in [0.1, 0.15) is 11.7 Å². The van der Waals surface area contributed by atoms with E-state index in [2.05, 4.69) is 39.0 Å². The summed E-state index contributed by atoms with van der Waals surface area (Å²) in [5.74, 6) is 0.607. The summed E-state index contributed by atoms with van der Waals surface area (Å²) in [5.41, 5.74) is 1.23. The first-order chi connectivity index (χ1) is 9.11. The van der Waals surface area contributed by atoms with Crippen LogP contribution in [0.2, 0.25) is 0 Å². The summed E-state index contributed by atoms with van der Waals surface area (Å²) in [7, 11) is 0. The first kappa shape index (κ1) is 14.5. The van der Waals surface area contributed by atoms with Crippen molar-refractivity contribution in [1.82, 2.24) is 0 Å². The number of allylic oxidation sites excluding steroid dienone is 3. The van der Waals surface area contributed by atoms with Gasteiger partial charge in [0.2, 0.25) is 0 Å². The molecule has 0 aromatic rings. The number of rotatable bonds is 4. The molecule has 1 saturated carbocycles. The molecular formula is C17H28NO+. The highest BCUT2D eigenvalue weighted by Crippen LogP contribution is 2.36. The largest absolute Gasteiger partial charge is 0.306 e. The summed E-state index contributed by atoms with van der Waals surface area (Å²) >= 11 is 0. The first-order valence-corrected chi connectivity index (χ1v) is 7.84. The van der Waals surface area contributed by atoms with Gasteiger partial charge in [-0.2, -0.15) is 0 Å². The average molecular weight is 262 g/mol. The second kappa shape index (κ2) is 6.04. The zero-order valence-electron chi connectivity index (χ0n) is 12.6. The van der Waals surface area contributed by atoms with Gasteiger partial charge in [-0.05, 0) is 51.2 Å². The molecule has 19 heavy (non-hydrogen) atoms. The molecule has 1 fully saturated rings. The van der Waals surface area contributed by atoms with Gasteiger partial charge in [-0.1, -0.05) is 19.4 Å². The van der Waals surface area contributed by atoms with Crippen molar-refractivity contribution in [2.45, 2.75) is 71.4 Å². The van der Waals surface area contributed by atoms with Gasteiger partial charge in [0.05, 0.1) is 6.04 Å². The van der Waals surface area contributed by atoms with E-state index in [4.69, 9.17) is 0 Å². The number of hydrogen-bond donors (Lipinski definition) is 0. The molecule has 0 aromatic carbocycles. The molecular weight excluding hydrogens is 234 g/mol. The van der Waals surface area contributed by atoms with E-state index in [0.717, 1.165) is 6.42 Å². The lowest BCUT2D eigenvalue weighted by Gasteiger charge is -2.45. The quantitative estimate of drug-likeness (QED) is 0.548. The topological polar surface area (TPSA) is 17.1 Å². The standard InChI is InChI=1S/C17H28NO/c1-14(2)18(13-19,16-7-5-4-6-8-16)17-11-9-15(3)10-12-17/h9,11-16H,4-8,10H2,1-3H3/q+1. The molecule has 2 aliphatic carbocycles. The number of nitrogens with zero attached hydrogens (tertiary/aromatic N) is 1. The van der Waals surface area contributed by atoms with Crippen LogP contribution in [0, 0.1) is 5.92 Å². The van der Waals surface area contributed by atoms with E-state index in [9.17, 15) is 4.79 Å². The van der Waals surface area contributed by atoms with Gasteiger partial charge in [0.15, 0.2) is 0 Å². The number of carbonyl (C=O) groups is 1. The van der Waals surface area contributed by atoms with Crippen LogP contribution in [-0.2, 0) is 4.79 Å². The molecule has 0 radical (unpaired) electrons. The highest BCUT2D eigenvalue weighted by molar-refractivity contribution is 5.43. The van der Waals surface area contributed by atoms with Crippen LogP contribution in [0.5, 0.6) is 0 Å². The molecule has 0 heterocycles. The molecule has 106 valence electrons.